The summed E-state index contributed by atoms with van der Waals surface area (Å²) in [5.41, 5.74) is 3.15. The van der Waals surface area contributed by atoms with E-state index in [4.69, 9.17) is 9.15 Å². The molecule has 2 unspecified atom stereocenters. The predicted octanol–water partition coefficient (Wildman–Crippen LogP) is 3.94. The van der Waals surface area contributed by atoms with Crippen LogP contribution in [0.15, 0.2) is 70.4 Å². The summed E-state index contributed by atoms with van der Waals surface area (Å²) in [5.74, 6) is 0.471. The topological polar surface area (TPSA) is 83.8 Å². The molecular weight excluding hydrogens is 414 g/mol. The lowest BCUT2D eigenvalue weighted by Gasteiger charge is -2.38. The van der Waals surface area contributed by atoms with Crippen LogP contribution in [0.2, 0.25) is 0 Å². The number of ether oxygens (including phenoxy) is 1. The van der Waals surface area contributed by atoms with E-state index in [1.54, 1.807) is 42.9 Å². The monoisotopic (exact) mass is 441 g/mol. The number of piperazine rings is 1. The maximum Gasteiger partial charge on any atom is 0.262 e. The zero-order chi connectivity index (χ0) is 22.0. The Morgan fingerprint density at radius 1 is 1.03 bits per heavy atom. The number of nitrogens with one attached hydrogen (secondary N) is 2. The average Bonchev–Trinajstić information content (AvgIpc) is 3.28. The Labute approximate surface area is 183 Å². The van der Waals surface area contributed by atoms with Gasteiger partial charge in [0.1, 0.15) is 5.75 Å². The summed E-state index contributed by atoms with van der Waals surface area (Å²) >= 11 is 0. The fraction of sp³-hybridized carbons (Fsp3) is 0.304. The van der Waals surface area contributed by atoms with Crippen LogP contribution in [0.1, 0.15) is 13.8 Å². The summed E-state index contributed by atoms with van der Waals surface area (Å²) in [6.45, 7) is 5.97. The van der Waals surface area contributed by atoms with Crippen LogP contribution in [0.3, 0.4) is 0 Å². The van der Waals surface area contributed by atoms with E-state index in [1.807, 2.05) is 18.2 Å². The van der Waals surface area contributed by atoms with Gasteiger partial charge in [-0.15, -0.1) is 0 Å². The van der Waals surface area contributed by atoms with Crippen LogP contribution in [-0.4, -0.2) is 40.7 Å². The van der Waals surface area contributed by atoms with Gasteiger partial charge in [-0.1, -0.05) is 12.1 Å². The number of furan rings is 1. The van der Waals surface area contributed by atoms with Crippen LogP contribution in [0.4, 0.5) is 11.4 Å². The first-order valence-electron chi connectivity index (χ1n) is 10.2. The van der Waals surface area contributed by atoms with Gasteiger partial charge >= 0.3 is 0 Å². The van der Waals surface area contributed by atoms with E-state index in [1.165, 1.54) is 7.11 Å². The second kappa shape index (κ2) is 8.64. The number of sulfonamides is 1. The molecule has 0 amide bonds. The lowest BCUT2D eigenvalue weighted by molar-refractivity contribution is 0.406. The van der Waals surface area contributed by atoms with E-state index < -0.39 is 10.0 Å². The largest absolute Gasteiger partial charge is 0.495 e. The van der Waals surface area contributed by atoms with Gasteiger partial charge < -0.3 is 19.4 Å². The van der Waals surface area contributed by atoms with Crippen molar-refractivity contribution in [3.05, 3.63) is 61.1 Å². The summed E-state index contributed by atoms with van der Waals surface area (Å²) in [4.78, 5) is 2.43. The Balaban J connectivity index is 1.59. The lowest BCUT2D eigenvalue weighted by atomic mass is 10.1. The molecule has 4 rings (SSSR count). The Hall–Kier alpha value is -2.97. The van der Waals surface area contributed by atoms with E-state index in [0.717, 1.165) is 29.9 Å². The molecule has 1 aliphatic heterocycles. The molecule has 1 saturated heterocycles. The molecule has 0 radical (unpaired) electrons. The molecule has 0 bridgehead atoms. The van der Waals surface area contributed by atoms with Gasteiger partial charge in [0, 0.05) is 36.4 Å². The van der Waals surface area contributed by atoms with E-state index in [-0.39, 0.29) is 4.90 Å². The highest BCUT2D eigenvalue weighted by Crippen LogP contribution is 2.32. The van der Waals surface area contributed by atoms with Gasteiger partial charge in [-0.3, -0.25) is 4.72 Å². The third kappa shape index (κ3) is 4.70. The maximum atomic E-state index is 13.1. The minimum atomic E-state index is -3.78. The van der Waals surface area contributed by atoms with E-state index >= 15 is 0 Å². The molecule has 1 fully saturated rings. The van der Waals surface area contributed by atoms with E-state index in [2.05, 4.69) is 28.8 Å². The Morgan fingerprint density at radius 2 is 1.74 bits per heavy atom. The maximum absolute atomic E-state index is 13.1. The molecule has 0 spiro atoms. The SMILES string of the molecule is COc1ccc(N2CC(C)NC(C)C2)cc1NS(=O)(=O)c1ccc(-c2ccoc2)cc1. The molecule has 7 nitrogen and oxygen atoms in total. The highest BCUT2D eigenvalue weighted by Gasteiger charge is 2.23. The van der Waals surface area contributed by atoms with Crippen molar-refractivity contribution in [2.45, 2.75) is 30.8 Å². The zero-order valence-electron chi connectivity index (χ0n) is 17.8. The molecule has 2 atom stereocenters. The quantitative estimate of drug-likeness (QED) is 0.603. The normalized spacial score (nSPS) is 19.3. The van der Waals surface area contributed by atoms with Crippen molar-refractivity contribution in [1.82, 2.24) is 5.32 Å². The number of methoxy groups -OCH3 is 1. The van der Waals surface area contributed by atoms with Gasteiger partial charge in [0.2, 0.25) is 0 Å². The highest BCUT2D eigenvalue weighted by atomic mass is 32.2. The summed E-state index contributed by atoms with van der Waals surface area (Å²) in [7, 11) is -2.26. The van der Waals surface area contributed by atoms with Crippen molar-refractivity contribution in [3.63, 3.8) is 0 Å². The molecule has 2 N–H and O–H groups in total. The number of hydrogen-bond donors (Lipinski definition) is 2. The van der Waals surface area contributed by atoms with Crippen molar-refractivity contribution < 1.29 is 17.6 Å². The molecule has 164 valence electrons. The molecule has 2 heterocycles. The van der Waals surface area contributed by atoms with Crippen LogP contribution in [-0.2, 0) is 10.0 Å². The number of rotatable bonds is 6. The molecule has 2 aromatic carbocycles. The van der Waals surface area contributed by atoms with Gasteiger partial charge in [-0.05, 0) is 55.8 Å². The van der Waals surface area contributed by atoms with Gasteiger partial charge in [-0.2, -0.15) is 0 Å². The van der Waals surface area contributed by atoms with Gasteiger partial charge in [0.15, 0.2) is 0 Å². The van der Waals surface area contributed by atoms with Gasteiger partial charge in [0.05, 0.1) is 30.2 Å². The Bertz CT molecular complexity index is 1120. The number of nitrogens with zero attached hydrogens (tertiary/aromatic N) is 1. The van der Waals surface area contributed by atoms with Crippen LogP contribution >= 0.6 is 0 Å². The second-order valence-corrected chi connectivity index (χ2v) is 9.58. The molecule has 8 heteroatoms. The lowest BCUT2D eigenvalue weighted by Crippen LogP contribution is -2.54. The third-order valence-electron chi connectivity index (χ3n) is 5.37. The van der Waals surface area contributed by atoms with Crippen molar-refractivity contribution in [1.29, 1.82) is 0 Å². The molecule has 31 heavy (non-hydrogen) atoms. The standard InChI is InChI=1S/C23H27N3O4S/c1-16-13-26(14-17(2)24-16)20-6-9-23(29-3)22(12-20)25-31(27,28)21-7-4-18(5-8-21)19-10-11-30-15-19/h4-12,15-17,24-25H,13-14H2,1-3H3. The van der Waals surface area contributed by atoms with Gasteiger partial charge in [-0.25, -0.2) is 8.42 Å². The number of hydrogen-bond acceptors (Lipinski definition) is 6. The third-order valence-corrected chi connectivity index (χ3v) is 6.75. The second-order valence-electron chi connectivity index (χ2n) is 7.90. The summed E-state index contributed by atoms with van der Waals surface area (Å²) in [6, 6.07) is 14.8. The Morgan fingerprint density at radius 3 is 2.35 bits per heavy atom. The first kappa shape index (κ1) is 21.3. The molecule has 1 aromatic heterocycles. The van der Waals surface area contributed by atoms with E-state index in [9.17, 15) is 8.42 Å². The molecular formula is C23H27N3O4S. The number of benzene rings is 2. The molecule has 0 saturated carbocycles. The highest BCUT2D eigenvalue weighted by molar-refractivity contribution is 7.92. The fourth-order valence-corrected chi connectivity index (χ4v) is 5.03. The van der Waals surface area contributed by atoms with Crippen LogP contribution in [0, 0.1) is 0 Å². The summed E-state index contributed by atoms with van der Waals surface area (Å²) in [6.07, 6.45) is 3.21. The van der Waals surface area contributed by atoms with Gasteiger partial charge in [0.25, 0.3) is 10.0 Å². The minimum absolute atomic E-state index is 0.177. The smallest absolute Gasteiger partial charge is 0.262 e. The molecule has 0 aliphatic carbocycles. The average molecular weight is 442 g/mol. The van der Waals surface area contributed by atoms with Crippen molar-refractivity contribution in [2.75, 3.05) is 29.8 Å². The van der Waals surface area contributed by atoms with E-state index in [0.29, 0.717) is 23.5 Å². The Kier molecular flexibility index (Phi) is 5.93. The number of anilines is 2. The summed E-state index contributed by atoms with van der Waals surface area (Å²) < 4.78 is 39.3. The first-order valence-corrected chi connectivity index (χ1v) is 11.7. The van der Waals surface area contributed by atoms with Crippen molar-refractivity contribution in [2.24, 2.45) is 0 Å². The van der Waals surface area contributed by atoms with Crippen LogP contribution in [0.25, 0.3) is 11.1 Å². The predicted molar refractivity (Wildman–Crippen MR) is 122 cm³/mol. The zero-order valence-corrected chi connectivity index (χ0v) is 18.6. The molecule has 3 aromatic rings. The van der Waals surface area contributed by atoms with Crippen LogP contribution < -0.4 is 19.7 Å². The fourth-order valence-electron chi connectivity index (χ4n) is 3.97. The van der Waals surface area contributed by atoms with Crippen molar-refractivity contribution >= 4 is 21.4 Å². The van der Waals surface area contributed by atoms with Crippen LogP contribution in [0.5, 0.6) is 5.75 Å². The first-order chi connectivity index (χ1) is 14.9. The summed E-state index contributed by atoms with van der Waals surface area (Å²) in [5, 5.41) is 3.51. The van der Waals surface area contributed by atoms with Crippen molar-refractivity contribution in [3.8, 4) is 16.9 Å². The molecule has 1 aliphatic rings. The minimum Gasteiger partial charge on any atom is -0.495 e.